The SMILES string of the molecule is CCCCOC(=O)CCN(CC)c1ccccc1. The van der Waals surface area contributed by atoms with E-state index in [-0.39, 0.29) is 5.97 Å². The van der Waals surface area contributed by atoms with E-state index in [4.69, 9.17) is 4.74 Å². The highest BCUT2D eigenvalue weighted by atomic mass is 16.5. The third kappa shape index (κ3) is 5.21. The van der Waals surface area contributed by atoms with E-state index >= 15 is 0 Å². The maximum absolute atomic E-state index is 11.5. The molecule has 0 aliphatic carbocycles. The van der Waals surface area contributed by atoms with Gasteiger partial charge < -0.3 is 9.64 Å². The van der Waals surface area contributed by atoms with Crippen LogP contribution in [0.3, 0.4) is 0 Å². The van der Waals surface area contributed by atoms with Crippen molar-refractivity contribution in [2.45, 2.75) is 33.1 Å². The number of benzene rings is 1. The van der Waals surface area contributed by atoms with E-state index in [1.165, 1.54) is 0 Å². The molecule has 1 aromatic carbocycles. The lowest BCUT2D eigenvalue weighted by molar-refractivity contribution is -0.143. The Morgan fingerprint density at radius 1 is 1.22 bits per heavy atom. The van der Waals surface area contributed by atoms with Crippen LogP contribution in [0.5, 0.6) is 0 Å². The van der Waals surface area contributed by atoms with Gasteiger partial charge in [-0.1, -0.05) is 31.5 Å². The van der Waals surface area contributed by atoms with Gasteiger partial charge in [-0.05, 0) is 25.5 Å². The number of anilines is 1. The molecule has 0 saturated carbocycles. The Kier molecular flexibility index (Phi) is 6.92. The summed E-state index contributed by atoms with van der Waals surface area (Å²) in [5.74, 6) is -0.0992. The maximum atomic E-state index is 11.5. The Bertz CT molecular complexity index is 338. The molecule has 0 aliphatic rings. The predicted molar refractivity (Wildman–Crippen MR) is 74.8 cm³/mol. The van der Waals surface area contributed by atoms with Crippen molar-refractivity contribution in [2.75, 3.05) is 24.6 Å². The normalized spacial score (nSPS) is 10.1. The molecule has 0 aliphatic heterocycles. The second-order valence-corrected chi connectivity index (χ2v) is 4.24. The van der Waals surface area contributed by atoms with Crippen LogP contribution in [0.4, 0.5) is 5.69 Å². The van der Waals surface area contributed by atoms with Crippen LogP contribution in [0.25, 0.3) is 0 Å². The number of carbonyl (C=O) groups excluding carboxylic acids is 1. The van der Waals surface area contributed by atoms with Crippen LogP contribution < -0.4 is 4.90 Å². The first-order valence-corrected chi connectivity index (χ1v) is 6.73. The lowest BCUT2D eigenvalue weighted by atomic mass is 10.2. The molecule has 1 rings (SSSR count). The van der Waals surface area contributed by atoms with E-state index in [1.54, 1.807) is 0 Å². The first kappa shape index (κ1) is 14.6. The van der Waals surface area contributed by atoms with E-state index < -0.39 is 0 Å². The number of unbranched alkanes of at least 4 members (excludes halogenated alkanes) is 1. The molecule has 0 bridgehead atoms. The van der Waals surface area contributed by atoms with Gasteiger partial charge >= 0.3 is 5.97 Å². The van der Waals surface area contributed by atoms with Crippen LogP contribution >= 0.6 is 0 Å². The van der Waals surface area contributed by atoms with Gasteiger partial charge in [0.2, 0.25) is 0 Å². The molecule has 0 radical (unpaired) electrons. The average molecular weight is 249 g/mol. The van der Waals surface area contributed by atoms with Crippen LogP contribution in [0.2, 0.25) is 0 Å². The zero-order valence-corrected chi connectivity index (χ0v) is 11.4. The molecular formula is C15H23NO2. The molecule has 0 fully saturated rings. The van der Waals surface area contributed by atoms with Crippen LogP contribution in [-0.2, 0) is 9.53 Å². The monoisotopic (exact) mass is 249 g/mol. The number of nitrogens with zero attached hydrogens (tertiary/aromatic N) is 1. The average Bonchev–Trinajstić information content (AvgIpc) is 2.41. The molecule has 18 heavy (non-hydrogen) atoms. The van der Waals surface area contributed by atoms with Gasteiger partial charge in [0.25, 0.3) is 0 Å². The molecule has 0 saturated heterocycles. The summed E-state index contributed by atoms with van der Waals surface area (Å²) in [6.07, 6.45) is 2.45. The zero-order chi connectivity index (χ0) is 13.2. The standard InChI is InChI=1S/C15H23NO2/c1-3-5-13-18-15(17)11-12-16(4-2)14-9-7-6-8-10-14/h6-10H,3-5,11-13H2,1-2H3. The van der Waals surface area contributed by atoms with Gasteiger partial charge in [0.15, 0.2) is 0 Å². The number of rotatable bonds is 8. The fourth-order valence-corrected chi connectivity index (χ4v) is 1.74. The quantitative estimate of drug-likeness (QED) is 0.523. The molecule has 0 N–H and O–H groups in total. The molecule has 0 amide bonds. The fourth-order valence-electron chi connectivity index (χ4n) is 1.74. The van der Waals surface area contributed by atoms with Crippen molar-refractivity contribution in [1.82, 2.24) is 0 Å². The lowest BCUT2D eigenvalue weighted by Gasteiger charge is -2.22. The predicted octanol–water partition coefficient (Wildman–Crippen LogP) is 3.25. The van der Waals surface area contributed by atoms with E-state index in [0.717, 1.165) is 25.1 Å². The first-order valence-electron chi connectivity index (χ1n) is 6.73. The van der Waals surface area contributed by atoms with Crippen molar-refractivity contribution in [1.29, 1.82) is 0 Å². The van der Waals surface area contributed by atoms with E-state index in [2.05, 4.69) is 30.9 Å². The Balaban J connectivity index is 2.34. The van der Waals surface area contributed by atoms with Crippen LogP contribution in [0.1, 0.15) is 33.1 Å². The molecular weight excluding hydrogens is 226 g/mol. The molecule has 0 spiro atoms. The van der Waals surface area contributed by atoms with Crippen LogP contribution in [-0.4, -0.2) is 25.7 Å². The van der Waals surface area contributed by atoms with Crippen molar-refractivity contribution >= 4 is 11.7 Å². The number of ether oxygens (including phenoxy) is 1. The third-order valence-corrected chi connectivity index (χ3v) is 2.85. The van der Waals surface area contributed by atoms with Crippen LogP contribution in [0.15, 0.2) is 30.3 Å². The minimum atomic E-state index is -0.0992. The molecule has 0 aromatic heterocycles. The van der Waals surface area contributed by atoms with E-state index in [0.29, 0.717) is 19.6 Å². The Hall–Kier alpha value is -1.51. The Morgan fingerprint density at radius 3 is 2.56 bits per heavy atom. The zero-order valence-electron chi connectivity index (χ0n) is 11.4. The lowest BCUT2D eigenvalue weighted by Crippen LogP contribution is -2.26. The number of hydrogen-bond donors (Lipinski definition) is 0. The van der Waals surface area contributed by atoms with Crippen LogP contribution in [0, 0.1) is 0 Å². The van der Waals surface area contributed by atoms with Crippen molar-refractivity contribution in [2.24, 2.45) is 0 Å². The summed E-state index contributed by atoms with van der Waals surface area (Å²) in [4.78, 5) is 13.7. The molecule has 100 valence electrons. The summed E-state index contributed by atoms with van der Waals surface area (Å²) in [6.45, 7) is 6.34. The number of para-hydroxylation sites is 1. The van der Waals surface area contributed by atoms with Gasteiger partial charge in [0, 0.05) is 18.8 Å². The minimum absolute atomic E-state index is 0.0992. The second kappa shape index (κ2) is 8.56. The van der Waals surface area contributed by atoms with Gasteiger partial charge in [-0.3, -0.25) is 4.79 Å². The summed E-state index contributed by atoms with van der Waals surface area (Å²) in [5, 5.41) is 0. The molecule has 3 nitrogen and oxygen atoms in total. The summed E-state index contributed by atoms with van der Waals surface area (Å²) in [6, 6.07) is 10.1. The van der Waals surface area contributed by atoms with E-state index in [9.17, 15) is 4.79 Å². The van der Waals surface area contributed by atoms with Crippen molar-refractivity contribution in [3.63, 3.8) is 0 Å². The number of hydrogen-bond acceptors (Lipinski definition) is 3. The third-order valence-electron chi connectivity index (χ3n) is 2.85. The van der Waals surface area contributed by atoms with Crippen molar-refractivity contribution in [3.8, 4) is 0 Å². The van der Waals surface area contributed by atoms with Gasteiger partial charge in [0.05, 0.1) is 13.0 Å². The van der Waals surface area contributed by atoms with Gasteiger partial charge in [-0.2, -0.15) is 0 Å². The van der Waals surface area contributed by atoms with Crippen molar-refractivity contribution in [3.05, 3.63) is 30.3 Å². The van der Waals surface area contributed by atoms with Gasteiger partial charge in [-0.25, -0.2) is 0 Å². The number of esters is 1. The highest BCUT2D eigenvalue weighted by Crippen LogP contribution is 2.13. The topological polar surface area (TPSA) is 29.5 Å². The summed E-state index contributed by atoms with van der Waals surface area (Å²) < 4.78 is 5.15. The largest absolute Gasteiger partial charge is 0.466 e. The number of carbonyl (C=O) groups is 1. The van der Waals surface area contributed by atoms with E-state index in [1.807, 2.05) is 18.2 Å². The molecule has 0 unspecified atom stereocenters. The van der Waals surface area contributed by atoms with Gasteiger partial charge in [-0.15, -0.1) is 0 Å². The summed E-state index contributed by atoms with van der Waals surface area (Å²) >= 11 is 0. The summed E-state index contributed by atoms with van der Waals surface area (Å²) in [5.41, 5.74) is 1.15. The Labute approximate surface area is 110 Å². The molecule has 0 atom stereocenters. The second-order valence-electron chi connectivity index (χ2n) is 4.24. The fraction of sp³-hybridized carbons (Fsp3) is 0.533. The molecule has 0 heterocycles. The van der Waals surface area contributed by atoms with Gasteiger partial charge in [0.1, 0.15) is 0 Å². The highest BCUT2D eigenvalue weighted by molar-refractivity contribution is 5.70. The summed E-state index contributed by atoms with van der Waals surface area (Å²) in [7, 11) is 0. The maximum Gasteiger partial charge on any atom is 0.307 e. The Morgan fingerprint density at radius 2 is 1.94 bits per heavy atom. The smallest absolute Gasteiger partial charge is 0.307 e. The molecule has 3 heteroatoms. The first-order chi connectivity index (χ1) is 8.77. The highest BCUT2D eigenvalue weighted by Gasteiger charge is 2.08. The molecule has 1 aromatic rings. The minimum Gasteiger partial charge on any atom is -0.466 e. The van der Waals surface area contributed by atoms with Crippen molar-refractivity contribution < 1.29 is 9.53 Å².